The Bertz CT molecular complexity index is 714. The fourth-order valence-corrected chi connectivity index (χ4v) is 9.42. The first-order valence-corrected chi connectivity index (χ1v) is 16.1. The van der Waals surface area contributed by atoms with Crippen molar-refractivity contribution in [3.05, 3.63) is 0 Å². The van der Waals surface area contributed by atoms with E-state index in [4.69, 9.17) is 0 Å². The minimum absolute atomic E-state index is 0.251. The number of halogens is 2. The van der Waals surface area contributed by atoms with Crippen molar-refractivity contribution >= 4 is 73.9 Å². The van der Waals surface area contributed by atoms with E-state index in [2.05, 4.69) is 94.7 Å². The van der Waals surface area contributed by atoms with E-state index in [0.717, 1.165) is 0 Å². The third kappa shape index (κ3) is 5.14. The summed E-state index contributed by atoms with van der Waals surface area (Å²) in [6, 6.07) is 0. The van der Waals surface area contributed by atoms with E-state index >= 15 is 8.78 Å². The van der Waals surface area contributed by atoms with Crippen molar-refractivity contribution in [3.63, 3.8) is 0 Å². The molecule has 200 valence electrons. The molecule has 0 radical (unpaired) electrons. The highest BCUT2D eigenvalue weighted by molar-refractivity contribution is 7.31. The van der Waals surface area contributed by atoms with E-state index in [1.807, 2.05) is 48.5 Å². The molecule has 0 saturated heterocycles. The van der Waals surface area contributed by atoms with Crippen LogP contribution in [-0.4, -0.2) is 52.6 Å². The highest BCUT2D eigenvalue weighted by atomic mass is 31.0. The summed E-state index contributed by atoms with van der Waals surface area (Å²) in [5.74, 6) is 0. The van der Waals surface area contributed by atoms with Crippen molar-refractivity contribution in [2.24, 2.45) is 0 Å². The van der Waals surface area contributed by atoms with Gasteiger partial charge in [0.1, 0.15) is 11.3 Å². The Morgan fingerprint density at radius 1 is 0.424 bits per heavy atom. The van der Waals surface area contributed by atoms with Gasteiger partial charge in [0.05, 0.1) is 0 Å². The molecule has 0 N–H and O–H groups in total. The predicted molar refractivity (Wildman–Crippen MR) is 180 cm³/mol. The first kappa shape index (κ1) is 36.3. The van der Waals surface area contributed by atoms with Gasteiger partial charge in [0.25, 0.3) is 0 Å². The van der Waals surface area contributed by atoms with Gasteiger partial charge in [0.2, 0.25) is 0 Å². The Balaban J connectivity index is 7.03. The molecule has 0 aromatic rings. The molecule has 17 unspecified atom stereocenters. The maximum Gasteiger partial charge on any atom is 0.127 e. The van der Waals surface area contributed by atoms with Crippen LogP contribution < -0.4 is 0 Å². The highest BCUT2D eigenvalue weighted by Crippen LogP contribution is 2.68. The number of alkyl halides is 2. The van der Waals surface area contributed by atoms with Crippen molar-refractivity contribution in [1.82, 2.24) is 0 Å². The largest absolute Gasteiger partial charge is 0.242 e. The van der Waals surface area contributed by atoms with Gasteiger partial charge < -0.3 is 0 Å². The summed E-state index contributed by atoms with van der Waals surface area (Å²) in [6.45, 7) is 23.6. The lowest BCUT2D eigenvalue weighted by Gasteiger charge is -2.67. The fourth-order valence-electron chi connectivity index (χ4n) is 4.68. The van der Waals surface area contributed by atoms with Crippen LogP contribution in [0.5, 0.6) is 0 Å². The minimum atomic E-state index is -1.68. The third-order valence-electron chi connectivity index (χ3n) is 10.4. The summed E-state index contributed by atoms with van der Waals surface area (Å²) < 4.78 is 34.3. The van der Waals surface area contributed by atoms with Gasteiger partial charge in [-0.2, -0.15) is 0 Å². The molecule has 0 heterocycles. The highest BCUT2D eigenvalue weighted by Gasteiger charge is 2.71. The second kappa shape index (κ2) is 10.0. The summed E-state index contributed by atoms with van der Waals surface area (Å²) in [4.78, 5) is 0. The Morgan fingerprint density at radius 3 is 0.909 bits per heavy atom. The van der Waals surface area contributed by atoms with E-state index < -0.39 is 47.4 Å². The van der Waals surface area contributed by atoms with Crippen LogP contribution in [0.25, 0.3) is 0 Å². The van der Waals surface area contributed by atoms with Gasteiger partial charge in [0, 0.05) is 36.1 Å². The average molecular weight is 616 g/mol. The Labute approximate surface area is 224 Å². The molecule has 0 aromatic heterocycles. The SMILES string of the molecule is CCC(C)(P)C(C)(F)C(C)(P)C(C)(P)C(C)(P)C(C)(P)C(C)(F)C(C)(P)C(C)(P)C(C)(C)P. The van der Waals surface area contributed by atoms with Crippen molar-refractivity contribution < 1.29 is 8.78 Å². The zero-order valence-electron chi connectivity index (χ0n) is 23.1. The standard InChI is InChI=1S/C23H54F2P8/c1-13-15(4,27)16(5,24)19(8,29)22(11,32)23(12,33)21(10,31)17(6,25)20(9,30)18(7,28)14(2,3)26/h13,26-33H2,1-12H3. The van der Waals surface area contributed by atoms with Gasteiger partial charge in [-0.15, -0.1) is 73.9 Å². The van der Waals surface area contributed by atoms with Crippen LogP contribution in [0.15, 0.2) is 0 Å². The molecule has 0 aliphatic heterocycles. The van der Waals surface area contributed by atoms with E-state index in [0.29, 0.717) is 6.42 Å². The molecule has 0 nitrogen and oxygen atoms in total. The summed E-state index contributed by atoms with van der Waals surface area (Å²) in [6.07, 6.45) is 0.667. The van der Waals surface area contributed by atoms with Crippen LogP contribution >= 0.6 is 73.9 Å². The van der Waals surface area contributed by atoms with Crippen LogP contribution in [0.1, 0.15) is 89.5 Å². The average Bonchev–Trinajstić information content (AvgIpc) is 2.59. The van der Waals surface area contributed by atoms with Crippen LogP contribution in [-0.2, 0) is 0 Å². The lowest BCUT2D eigenvalue weighted by Crippen LogP contribution is -2.76. The Kier molecular flexibility index (Phi) is 11.0. The quantitative estimate of drug-likeness (QED) is 0.219. The number of hydrogen-bond donors (Lipinski definition) is 0. The molecule has 0 fully saturated rings. The number of hydrogen-bond acceptors (Lipinski definition) is 0. The van der Waals surface area contributed by atoms with Gasteiger partial charge in [-0.3, -0.25) is 0 Å². The first-order chi connectivity index (χ1) is 13.8. The topological polar surface area (TPSA) is 0 Å². The Morgan fingerprint density at radius 2 is 0.667 bits per heavy atom. The molecule has 0 amide bonds. The van der Waals surface area contributed by atoms with Gasteiger partial charge >= 0.3 is 0 Å². The van der Waals surface area contributed by atoms with Gasteiger partial charge in [-0.25, -0.2) is 8.78 Å². The molecule has 10 heteroatoms. The molecule has 17 atom stereocenters. The predicted octanol–water partition coefficient (Wildman–Crippen LogP) is 7.94. The van der Waals surface area contributed by atoms with Crippen LogP contribution in [0, 0.1) is 0 Å². The van der Waals surface area contributed by atoms with Crippen LogP contribution in [0.3, 0.4) is 0 Å². The molecule has 0 aliphatic carbocycles. The third-order valence-corrected chi connectivity index (χ3v) is 20.8. The molecule has 0 spiro atoms. The molecule has 0 saturated carbocycles. The van der Waals surface area contributed by atoms with Gasteiger partial charge in [-0.1, -0.05) is 69.2 Å². The summed E-state index contributed by atoms with van der Waals surface area (Å²) in [7, 11) is 22.9. The maximum atomic E-state index is 17.5. The monoisotopic (exact) mass is 616 g/mol. The molecule has 0 aromatic carbocycles. The molecular formula is C23H54F2P8. The molecule has 0 aliphatic rings. The number of rotatable bonds is 10. The van der Waals surface area contributed by atoms with Crippen LogP contribution in [0.2, 0.25) is 0 Å². The van der Waals surface area contributed by atoms with E-state index in [1.165, 1.54) is 0 Å². The van der Waals surface area contributed by atoms with E-state index in [9.17, 15) is 0 Å². The second-order valence-corrected chi connectivity index (χ2v) is 22.4. The zero-order valence-corrected chi connectivity index (χ0v) is 32.3. The minimum Gasteiger partial charge on any atom is -0.242 e. The molecule has 0 bridgehead atoms. The maximum absolute atomic E-state index is 17.5. The summed E-state index contributed by atoms with van der Waals surface area (Å²) in [5.41, 5.74) is -3.26. The van der Waals surface area contributed by atoms with Gasteiger partial charge in [0.15, 0.2) is 0 Å². The fraction of sp³-hybridized carbons (Fsp3) is 1.00. The summed E-state index contributed by atoms with van der Waals surface area (Å²) in [5, 5.41) is -5.54. The molecule has 33 heavy (non-hydrogen) atoms. The van der Waals surface area contributed by atoms with Crippen molar-refractivity contribution in [2.75, 3.05) is 0 Å². The molecule has 0 rings (SSSR count). The second-order valence-electron chi connectivity index (χ2n) is 12.7. The van der Waals surface area contributed by atoms with Crippen molar-refractivity contribution in [2.45, 2.75) is 142 Å². The van der Waals surface area contributed by atoms with Crippen LogP contribution in [0.4, 0.5) is 8.78 Å². The normalized spacial score (nSPS) is 30.0. The Hall–Kier alpha value is 3.30. The zero-order chi connectivity index (χ0) is 27.7. The van der Waals surface area contributed by atoms with Gasteiger partial charge in [-0.05, 0) is 25.4 Å². The van der Waals surface area contributed by atoms with Crippen molar-refractivity contribution in [1.29, 1.82) is 0 Å². The first-order valence-electron chi connectivity index (χ1n) is 11.5. The lowest BCUT2D eigenvalue weighted by molar-refractivity contribution is 0.0204. The van der Waals surface area contributed by atoms with E-state index in [-0.39, 0.29) is 5.16 Å². The lowest BCUT2D eigenvalue weighted by atomic mass is 9.60. The summed E-state index contributed by atoms with van der Waals surface area (Å²) >= 11 is 0. The van der Waals surface area contributed by atoms with Crippen molar-refractivity contribution in [3.8, 4) is 0 Å². The van der Waals surface area contributed by atoms with E-state index in [1.54, 1.807) is 13.8 Å². The molecular weight excluding hydrogens is 562 g/mol. The smallest absolute Gasteiger partial charge is 0.127 e.